The molecule has 200 valence electrons. The van der Waals surface area contributed by atoms with Crippen LogP contribution in [0.5, 0.6) is 5.75 Å². The van der Waals surface area contributed by atoms with Gasteiger partial charge in [0.2, 0.25) is 0 Å². The molecule has 1 saturated heterocycles. The van der Waals surface area contributed by atoms with Gasteiger partial charge in [0.25, 0.3) is 0 Å². The summed E-state index contributed by atoms with van der Waals surface area (Å²) in [5.41, 5.74) is 1.91. The van der Waals surface area contributed by atoms with E-state index in [0.29, 0.717) is 29.7 Å². The van der Waals surface area contributed by atoms with Crippen molar-refractivity contribution in [3.63, 3.8) is 0 Å². The fourth-order valence-corrected chi connectivity index (χ4v) is 5.20. The maximum atomic E-state index is 13.2. The number of sulfone groups is 1. The van der Waals surface area contributed by atoms with Crippen LogP contribution >= 0.6 is 0 Å². The van der Waals surface area contributed by atoms with Gasteiger partial charge in [0.15, 0.2) is 5.79 Å². The van der Waals surface area contributed by atoms with E-state index in [0.717, 1.165) is 5.56 Å². The second kappa shape index (κ2) is 11.5. The summed E-state index contributed by atoms with van der Waals surface area (Å²) in [7, 11) is -3.05. The van der Waals surface area contributed by atoms with E-state index in [1.165, 1.54) is 6.26 Å². The molecule has 0 amide bonds. The molecule has 0 aromatic heterocycles. The first-order valence-corrected chi connectivity index (χ1v) is 14.7. The first-order valence-electron chi connectivity index (χ1n) is 12.6. The van der Waals surface area contributed by atoms with Gasteiger partial charge in [-0.25, -0.2) is 13.2 Å². The Morgan fingerprint density at radius 1 is 1.08 bits per heavy atom. The van der Waals surface area contributed by atoms with E-state index < -0.39 is 15.6 Å². The van der Waals surface area contributed by atoms with Crippen LogP contribution in [-0.4, -0.2) is 57.1 Å². The van der Waals surface area contributed by atoms with Crippen LogP contribution in [-0.2, 0) is 24.0 Å². The van der Waals surface area contributed by atoms with Crippen LogP contribution in [0.4, 0.5) is 0 Å². The maximum Gasteiger partial charge on any atom is 0.339 e. The Kier molecular flexibility index (Phi) is 9.06. The molecule has 0 radical (unpaired) electrons. The number of rotatable bonds is 5. The molecule has 2 aliphatic heterocycles. The quantitative estimate of drug-likeness (QED) is 0.302. The first kappa shape index (κ1) is 28.4. The van der Waals surface area contributed by atoms with Crippen molar-refractivity contribution in [3.05, 3.63) is 47.1 Å². The lowest BCUT2D eigenvalue weighted by molar-refractivity contribution is -0.148. The third kappa shape index (κ3) is 7.67. The number of fused-ring (bicyclic) bond motifs is 2. The number of esters is 1. The Balaban J connectivity index is 1.93. The molecule has 0 spiro atoms. The van der Waals surface area contributed by atoms with Crippen LogP contribution in [0.1, 0.15) is 68.9 Å². The molecule has 0 saturated carbocycles. The lowest BCUT2D eigenvalue weighted by Gasteiger charge is -2.23. The number of ether oxygens (including phenoxy) is 4. The van der Waals surface area contributed by atoms with Gasteiger partial charge in [-0.2, -0.15) is 0 Å². The average molecular weight is 521 g/mol. The Morgan fingerprint density at radius 3 is 2.47 bits per heavy atom. The number of benzene rings is 1. The summed E-state index contributed by atoms with van der Waals surface area (Å²) in [5, 5.41) is 0. The summed E-state index contributed by atoms with van der Waals surface area (Å²) in [5.74, 6) is -0.264. The molecule has 2 heterocycles. The zero-order chi connectivity index (χ0) is 26.7. The number of carbonyl (C=O) groups excluding carboxylic acids is 1. The van der Waals surface area contributed by atoms with Crippen molar-refractivity contribution in [2.45, 2.75) is 78.5 Å². The van der Waals surface area contributed by atoms with Crippen molar-refractivity contribution >= 4 is 21.9 Å². The molecular weight excluding hydrogens is 480 g/mol. The highest BCUT2D eigenvalue weighted by molar-refractivity contribution is 7.90. The monoisotopic (exact) mass is 520 g/mol. The Morgan fingerprint density at radius 2 is 1.78 bits per heavy atom. The van der Waals surface area contributed by atoms with E-state index >= 15 is 0 Å². The van der Waals surface area contributed by atoms with Crippen molar-refractivity contribution in [1.29, 1.82) is 0 Å². The van der Waals surface area contributed by atoms with E-state index in [1.54, 1.807) is 12.1 Å². The van der Waals surface area contributed by atoms with Crippen LogP contribution in [0.3, 0.4) is 0 Å². The molecule has 0 bridgehead atoms. The zero-order valence-electron chi connectivity index (χ0n) is 22.4. The van der Waals surface area contributed by atoms with E-state index in [4.69, 9.17) is 18.9 Å². The third-order valence-electron chi connectivity index (χ3n) is 6.63. The highest BCUT2D eigenvalue weighted by atomic mass is 32.2. The van der Waals surface area contributed by atoms with Gasteiger partial charge in [-0.1, -0.05) is 38.2 Å². The van der Waals surface area contributed by atoms with Crippen molar-refractivity contribution < 1.29 is 32.2 Å². The minimum Gasteiger partial charge on any atom is -0.494 e. The molecule has 8 heteroatoms. The summed E-state index contributed by atoms with van der Waals surface area (Å²) < 4.78 is 46.9. The fourth-order valence-electron chi connectivity index (χ4n) is 4.56. The molecule has 2 aliphatic rings. The Hall–Kier alpha value is -2.16. The SMILES string of the molecule is Cc1cc(OCCCS(C)(=O)=O)cc2c1C(=O)O[C@@H](C)[C@H](C)/C=C\C(C)C1OC(C)(C)O[C@H]1CC=C2. The Bertz CT molecular complexity index is 1100. The zero-order valence-corrected chi connectivity index (χ0v) is 23.3. The second-order valence-electron chi connectivity index (χ2n) is 10.5. The van der Waals surface area contributed by atoms with Gasteiger partial charge < -0.3 is 18.9 Å². The molecule has 0 aliphatic carbocycles. The predicted molar refractivity (Wildman–Crippen MR) is 141 cm³/mol. The molecule has 36 heavy (non-hydrogen) atoms. The highest BCUT2D eigenvalue weighted by Gasteiger charge is 2.42. The molecule has 0 N–H and O–H groups in total. The summed E-state index contributed by atoms with van der Waals surface area (Å²) in [6.45, 7) is 12.0. The van der Waals surface area contributed by atoms with Crippen LogP contribution < -0.4 is 4.74 Å². The Labute approximate surface area is 215 Å². The van der Waals surface area contributed by atoms with Gasteiger partial charge in [-0.3, -0.25) is 0 Å². The third-order valence-corrected chi connectivity index (χ3v) is 7.66. The first-order chi connectivity index (χ1) is 16.8. The number of cyclic esters (lactones) is 1. The van der Waals surface area contributed by atoms with E-state index in [9.17, 15) is 13.2 Å². The number of hydrogen-bond acceptors (Lipinski definition) is 7. The lowest BCUT2D eigenvalue weighted by atomic mass is 9.94. The molecule has 1 aromatic carbocycles. The largest absolute Gasteiger partial charge is 0.494 e. The second-order valence-corrected chi connectivity index (χ2v) is 12.8. The average Bonchev–Trinajstić information content (AvgIpc) is 3.07. The van der Waals surface area contributed by atoms with Crippen LogP contribution in [0.25, 0.3) is 6.08 Å². The standard InChI is InChI=1S/C28H40O7S/c1-18-12-13-19(2)26-24(34-28(5,6)35-26)11-8-10-22-17-23(32-14-9-15-36(7,30)31)16-20(3)25(22)27(29)33-21(18)4/h8,10,12-13,16-19,21,24,26H,9,11,14-15H2,1-7H3/b10-8?,13-12-/t18-,19?,21+,24+,26?/m1/s1. The van der Waals surface area contributed by atoms with Gasteiger partial charge in [-0.15, -0.1) is 0 Å². The normalized spacial score (nSPS) is 29.5. The molecule has 1 fully saturated rings. The van der Waals surface area contributed by atoms with Gasteiger partial charge >= 0.3 is 5.97 Å². The molecule has 7 nitrogen and oxygen atoms in total. The highest BCUT2D eigenvalue weighted by Crippen LogP contribution is 2.35. The van der Waals surface area contributed by atoms with E-state index in [2.05, 4.69) is 19.1 Å². The fraction of sp³-hybridized carbons (Fsp3) is 0.607. The molecule has 3 rings (SSSR count). The van der Waals surface area contributed by atoms with Crippen molar-refractivity contribution in [2.75, 3.05) is 18.6 Å². The summed E-state index contributed by atoms with van der Waals surface area (Å²) >= 11 is 0. The topological polar surface area (TPSA) is 88.1 Å². The van der Waals surface area contributed by atoms with Gasteiger partial charge in [0.05, 0.1) is 30.1 Å². The predicted octanol–water partition coefficient (Wildman–Crippen LogP) is 5.12. The maximum absolute atomic E-state index is 13.2. The molecule has 1 aromatic rings. The number of carbonyl (C=O) groups is 1. The van der Waals surface area contributed by atoms with E-state index in [1.807, 2.05) is 46.8 Å². The van der Waals surface area contributed by atoms with Gasteiger partial charge in [-0.05, 0) is 63.8 Å². The summed E-state index contributed by atoms with van der Waals surface area (Å²) in [6.07, 6.45) is 9.78. The van der Waals surface area contributed by atoms with Crippen molar-refractivity contribution in [1.82, 2.24) is 0 Å². The van der Waals surface area contributed by atoms with Crippen LogP contribution in [0.15, 0.2) is 30.4 Å². The molecular formula is C28H40O7S. The summed E-state index contributed by atoms with van der Waals surface area (Å²) in [6, 6.07) is 3.59. The summed E-state index contributed by atoms with van der Waals surface area (Å²) in [4.78, 5) is 13.2. The van der Waals surface area contributed by atoms with E-state index in [-0.39, 0.29) is 48.5 Å². The van der Waals surface area contributed by atoms with Crippen LogP contribution in [0, 0.1) is 18.8 Å². The number of aryl methyl sites for hydroxylation is 1. The minimum atomic E-state index is -3.05. The van der Waals surface area contributed by atoms with Crippen molar-refractivity contribution in [2.24, 2.45) is 11.8 Å². The minimum absolute atomic E-state index is 0.0184. The lowest BCUT2D eigenvalue weighted by Crippen LogP contribution is -2.29. The smallest absolute Gasteiger partial charge is 0.339 e. The van der Waals surface area contributed by atoms with Gasteiger partial charge in [0.1, 0.15) is 21.7 Å². The van der Waals surface area contributed by atoms with Crippen molar-refractivity contribution in [3.8, 4) is 5.75 Å². The van der Waals surface area contributed by atoms with Crippen LogP contribution in [0.2, 0.25) is 0 Å². The number of hydrogen-bond donors (Lipinski definition) is 0. The molecule has 5 atom stereocenters. The molecule has 2 unspecified atom stereocenters. The van der Waals surface area contributed by atoms with Gasteiger partial charge in [0, 0.05) is 18.1 Å².